The number of primary amides is 1. The molecule has 0 aromatic carbocycles. The average molecular weight is 430 g/mol. The SMILES string of the molecule is CC[C@H](C)[C@H](NC(=O)[C@H](C)NC(=O)[C@@H](NC(=O)[C@@H](N)CCC(N)=O)C(C)C)C(=O)O. The largest absolute Gasteiger partial charge is 0.480 e. The number of hydrogen-bond donors (Lipinski definition) is 6. The average Bonchev–Trinajstić information content (AvgIpc) is 2.66. The Morgan fingerprint density at radius 3 is 1.83 bits per heavy atom. The summed E-state index contributed by atoms with van der Waals surface area (Å²) in [6.07, 6.45) is 0.527. The van der Waals surface area contributed by atoms with Crippen LogP contribution >= 0.6 is 0 Å². The molecule has 0 aromatic rings. The molecule has 0 aliphatic heterocycles. The van der Waals surface area contributed by atoms with Gasteiger partial charge in [0.2, 0.25) is 23.6 Å². The van der Waals surface area contributed by atoms with Crippen molar-refractivity contribution < 1.29 is 29.1 Å². The summed E-state index contributed by atoms with van der Waals surface area (Å²) < 4.78 is 0. The fraction of sp³-hybridized carbons (Fsp3) is 0.737. The van der Waals surface area contributed by atoms with Crippen LogP contribution in [0.25, 0.3) is 0 Å². The van der Waals surface area contributed by atoms with Crippen LogP contribution in [0.3, 0.4) is 0 Å². The number of carboxylic acid groups (broad SMARTS) is 1. The van der Waals surface area contributed by atoms with Gasteiger partial charge in [-0.1, -0.05) is 34.1 Å². The van der Waals surface area contributed by atoms with Crippen molar-refractivity contribution in [3.05, 3.63) is 0 Å². The van der Waals surface area contributed by atoms with Gasteiger partial charge in [0, 0.05) is 6.42 Å². The van der Waals surface area contributed by atoms with E-state index in [0.717, 1.165) is 0 Å². The molecule has 8 N–H and O–H groups in total. The van der Waals surface area contributed by atoms with E-state index in [9.17, 15) is 29.1 Å². The standard InChI is InChI=1S/C19H35N5O6/c1-6-10(4)15(19(29)30)24-16(26)11(5)22-18(28)14(9(2)3)23-17(27)12(20)7-8-13(21)25/h9-12,14-15H,6-8,20H2,1-5H3,(H2,21,25)(H,22,28)(H,23,27)(H,24,26)(H,29,30)/t10-,11-,12-,14-,15-/m0/s1. The van der Waals surface area contributed by atoms with E-state index in [-0.39, 0.29) is 24.7 Å². The van der Waals surface area contributed by atoms with Crippen molar-refractivity contribution in [2.75, 3.05) is 0 Å². The topological polar surface area (TPSA) is 194 Å². The van der Waals surface area contributed by atoms with Crippen molar-refractivity contribution >= 4 is 29.6 Å². The zero-order valence-corrected chi connectivity index (χ0v) is 18.2. The minimum absolute atomic E-state index is 0.0403. The van der Waals surface area contributed by atoms with Crippen LogP contribution in [0.2, 0.25) is 0 Å². The summed E-state index contributed by atoms with van der Waals surface area (Å²) in [4.78, 5) is 59.3. The molecule has 0 heterocycles. The Hall–Kier alpha value is -2.69. The van der Waals surface area contributed by atoms with Crippen LogP contribution in [0.4, 0.5) is 0 Å². The van der Waals surface area contributed by atoms with Gasteiger partial charge in [-0.05, 0) is 25.2 Å². The molecular weight excluding hydrogens is 394 g/mol. The van der Waals surface area contributed by atoms with E-state index in [0.29, 0.717) is 6.42 Å². The van der Waals surface area contributed by atoms with Gasteiger partial charge >= 0.3 is 5.97 Å². The fourth-order valence-corrected chi connectivity index (χ4v) is 2.55. The van der Waals surface area contributed by atoms with Crippen molar-refractivity contribution in [2.45, 2.75) is 78.0 Å². The summed E-state index contributed by atoms with van der Waals surface area (Å²) in [5, 5.41) is 16.7. The lowest BCUT2D eigenvalue weighted by Gasteiger charge is -2.26. The quantitative estimate of drug-likeness (QED) is 0.212. The van der Waals surface area contributed by atoms with Gasteiger partial charge < -0.3 is 32.5 Å². The van der Waals surface area contributed by atoms with Gasteiger partial charge in [0.15, 0.2) is 0 Å². The molecule has 0 rings (SSSR count). The number of carbonyl (C=O) groups excluding carboxylic acids is 4. The molecule has 0 aliphatic carbocycles. The monoisotopic (exact) mass is 429 g/mol. The predicted molar refractivity (Wildman–Crippen MR) is 110 cm³/mol. The Bertz CT molecular complexity index is 639. The number of carbonyl (C=O) groups is 5. The second-order valence-corrected chi connectivity index (χ2v) is 7.78. The van der Waals surface area contributed by atoms with Crippen LogP contribution in [0.5, 0.6) is 0 Å². The summed E-state index contributed by atoms with van der Waals surface area (Å²) in [5.41, 5.74) is 10.8. The molecule has 0 bridgehead atoms. The summed E-state index contributed by atoms with van der Waals surface area (Å²) >= 11 is 0. The first kappa shape index (κ1) is 27.3. The summed E-state index contributed by atoms with van der Waals surface area (Å²) in [6, 6.07) is -4.09. The van der Waals surface area contributed by atoms with Crippen LogP contribution < -0.4 is 27.4 Å². The summed E-state index contributed by atoms with van der Waals surface area (Å²) in [5.74, 6) is -4.24. The van der Waals surface area contributed by atoms with Crippen LogP contribution in [0, 0.1) is 11.8 Å². The van der Waals surface area contributed by atoms with Gasteiger partial charge in [-0.25, -0.2) is 4.79 Å². The smallest absolute Gasteiger partial charge is 0.326 e. The molecule has 0 unspecified atom stereocenters. The fourth-order valence-electron chi connectivity index (χ4n) is 2.55. The van der Waals surface area contributed by atoms with E-state index in [1.54, 1.807) is 20.8 Å². The van der Waals surface area contributed by atoms with Gasteiger partial charge in [0.25, 0.3) is 0 Å². The first-order valence-corrected chi connectivity index (χ1v) is 9.99. The molecule has 0 radical (unpaired) electrons. The molecule has 30 heavy (non-hydrogen) atoms. The molecule has 0 spiro atoms. The number of nitrogens with two attached hydrogens (primary N) is 2. The minimum atomic E-state index is -1.16. The molecule has 0 aliphatic rings. The van der Waals surface area contributed by atoms with E-state index in [1.165, 1.54) is 6.92 Å². The molecule has 11 heteroatoms. The zero-order valence-electron chi connectivity index (χ0n) is 18.2. The van der Waals surface area contributed by atoms with E-state index < -0.39 is 53.8 Å². The molecule has 5 atom stereocenters. The minimum Gasteiger partial charge on any atom is -0.480 e. The van der Waals surface area contributed by atoms with Crippen LogP contribution in [0.1, 0.15) is 53.9 Å². The van der Waals surface area contributed by atoms with E-state index in [4.69, 9.17) is 11.5 Å². The van der Waals surface area contributed by atoms with E-state index in [2.05, 4.69) is 16.0 Å². The lowest BCUT2D eigenvalue weighted by atomic mass is 9.99. The molecule has 0 saturated carbocycles. The van der Waals surface area contributed by atoms with Gasteiger partial charge in [-0.3, -0.25) is 19.2 Å². The molecule has 172 valence electrons. The first-order valence-electron chi connectivity index (χ1n) is 9.99. The van der Waals surface area contributed by atoms with Crippen LogP contribution in [-0.4, -0.2) is 58.9 Å². The Morgan fingerprint density at radius 2 is 1.40 bits per heavy atom. The third kappa shape index (κ3) is 9.21. The Kier molecular flexibility index (Phi) is 11.6. The molecule has 0 saturated heterocycles. The van der Waals surface area contributed by atoms with E-state index in [1.807, 2.05) is 6.92 Å². The van der Waals surface area contributed by atoms with Crippen LogP contribution in [0.15, 0.2) is 0 Å². The highest BCUT2D eigenvalue weighted by Crippen LogP contribution is 2.09. The van der Waals surface area contributed by atoms with Crippen molar-refractivity contribution in [1.29, 1.82) is 0 Å². The van der Waals surface area contributed by atoms with Crippen molar-refractivity contribution in [1.82, 2.24) is 16.0 Å². The maximum atomic E-state index is 12.6. The number of rotatable bonds is 13. The van der Waals surface area contributed by atoms with E-state index >= 15 is 0 Å². The van der Waals surface area contributed by atoms with Crippen molar-refractivity contribution in [2.24, 2.45) is 23.3 Å². The molecule has 11 nitrogen and oxygen atoms in total. The summed E-state index contributed by atoms with van der Waals surface area (Å²) in [6.45, 7) is 8.33. The number of nitrogens with one attached hydrogen (secondary N) is 3. The maximum absolute atomic E-state index is 12.6. The molecular formula is C19H35N5O6. The highest BCUT2D eigenvalue weighted by Gasteiger charge is 2.31. The second kappa shape index (κ2) is 12.8. The number of carboxylic acids is 1. The molecule has 0 aromatic heterocycles. The van der Waals surface area contributed by atoms with Crippen molar-refractivity contribution in [3.8, 4) is 0 Å². The second-order valence-electron chi connectivity index (χ2n) is 7.78. The van der Waals surface area contributed by atoms with Gasteiger partial charge in [0.1, 0.15) is 18.1 Å². The third-order valence-corrected chi connectivity index (χ3v) is 4.81. The van der Waals surface area contributed by atoms with Gasteiger partial charge in [-0.2, -0.15) is 0 Å². The van der Waals surface area contributed by atoms with Crippen LogP contribution in [-0.2, 0) is 24.0 Å². The van der Waals surface area contributed by atoms with Gasteiger partial charge in [-0.15, -0.1) is 0 Å². The highest BCUT2D eigenvalue weighted by molar-refractivity contribution is 5.94. The van der Waals surface area contributed by atoms with Gasteiger partial charge in [0.05, 0.1) is 6.04 Å². The molecule has 4 amide bonds. The Labute approximate surface area is 176 Å². The number of hydrogen-bond acceptors (Lipinski definition) is 6. The maximum Gasteiger partial charge on any atom is 0.326 e. The Morgan fingerprint density at radius 1 is 0.867 bits per heavy atom. The van der Waals surface area contributed by atoms with Crippen molar-refractivity contribution in [3.63, 3.8) is 0 Å². The predicted octanol–water partition coefficient (Wildman–Crippen LogP) is -1.16. The number of aliphatic carboxylic acids is 1. The lowest BCUT2D eigenvalue weighted by Crippen LogP contribution is -2.58. The highest BCUT2D eigenvalue weighted by atomic mass is 16.4. The first-order chi connectivity index (χ1) is 13.8. The molecule has 0 fully saturated rings. The summed E-state index contributed by atoms with van der Waals surface area (Å²) in [7, 11) is 0. The Balaban J connectivity index is 5.01. The normalized spacial score (nSPS) is 16.0. The third-order valence-electron chi connectivity index (χ3n) is 4.81. The lowest BCUT2D eigenvalue weighted by molar-refractivity contribution is -0.143. The number of amides is 4. The zero-order chi connectivity index (χ0) is 23.6.